The summed E-state index contributed by atoms with van der Waals surface area (Å²) in [6.45, 7) is 9.66. The van der Waals surface area contributed by atoms with Crippen molar-refractivity contribution in [2.75, 3.05) is 0 Å². The summed E-state index contributed by atoms with van der Waals surface area (Å²) >= 11 is 0. The molecular formula is C24H20F2N2O3. The first-order valence-electron chi connectivity index (χ1n) is 9.32. The maximum Gasteiger partial charge on any atom is 0.217 e. The van der Waals surface area contributed by atoms with Crippen molar-refractivity contribution in [1.29, 1.82) is 0 Å². The van der Waals surface area contributed by atoms with Crippen molar-refractivity contribution in [2.45, 2.75) is 19.4 Å². The molecule has 1 heterocycles. The fraction of sp³-hybridized carbons (Fsp3) is 0.125. The van der Waals surface area contributed by atoms with Crippen molar-refractivity contribution < 1.29 is 13.2 Å². The Hall–Kier alpha value is -3.71. The van der Waals surface area contributed by atoms with E-state index in [0.29, 0.717) is 22.1 Å². The molecule has 0 saturated carbocycles. The molecule has 4 rings (SSSR count). The van der Waals surface area contributed by atoms with E-state index in [4.69, 9.17) is 10.2 Å². The molecule has 0 fully saturated rings. The van der Waals surface area contributed by atoms with Crippen molar-refractivity contribution in [3.8, 4) is 11.3 Å². The molecule has 0 spiro atoms. The van der Waals surface area contributed by atoms with Gasteiger partial charge in [-0.1, -0.05) is 24.3 Å². The minimum absolute atomic E-state index is 0.111. The highest BCUT2D eigenvalue weighted by molar-refractivity contribution is 6.02. The molecule has 2 N–H and O–H groups in total. The highest BCUT2D eigenvalue weighted by Gasteiger charge is 2.24. The van der Waals surface area contributed by atoms with Crippen molar-refractivity contribution in [3.05, 3.63) is 99.6 Å². The Kier molecular flexibility index (Phi) is 5.81. The van der Waals surface area contributed by atoms with Crippen LogP contribution >= 0.6 is 0 Å². The van der Waals surface area contributed by atoms with Gasteiger partial charge in [0.05, 0.1) is 5.54 Å². The van der Waals surface area contributed by atoms with Crippen LogP contribution in [0.15, 0.2) is 81.7 Å². The lowest BCUT2D eigenvalue weighted by molar-refractivity contribution is 0.593. The first kappa shape index (κ1) is 22.0. The van der Waals surface area contributed by atoms with Gasteiger partial charge in [-0.15, -0.1) is 18.1 Å². The second-order valence-corrected chi connectivity index (χ2v) is 7.28. The summed E-state index contributed by atoms with van der Waals surface area (Å²) in [5, 5.41) is 2.98. The molecule has 158 valence electrons. The van der Waals surface area contributed by atoms with Gasteiger partial charge in [0.25, 0.3) is 0 Å². The average Bonchev–Trinajstić information content (AvgIpc) is 2.87. The van der Waals surface area contributed by atoms with Crippen molar-refractivity contribution in [3.63, 3.8) is 0 Å². The lowest BCUT2D eigenvalue weighted by Gasteiger charge is -2.17. The van der Waals surface area contributed by atoms with E-state index in [1.54, 1.807) is 12.2 Å². The molecule has 1 aliphatic heterocycles. The van der Waals surface area contributed by atoms with Crippen LogP contribution in [0.2, 0.25) is 0 Å². The Morgan fingerprint density at radius 3 is 2.42 bits per heavy atom. The zero-order valence-corrected chi connectivity index (χ0v) is 17.0. The molecule has 0 amide bonds. The number of rotatable bonds is 2. The first-order valence-corrected chi connectivity index (χ1v) is 9.32. The number of nitroso groups, excluding NO2 is 1. The van der Waals surface area contributed by atoms with E-state index in [-0.39, 0.29) is 11.3 Å². The molecule has 3 aliphatic rings. The van der Waals surface area contributed by atoms with Crippen LogP contribution in [0.3, 0.4) is 0 Å². The molecule has 7 heteroatoms. The van der Waals surface area contributed by atoms with E-state index in [1.807, 2.05) is 26.0 Å². The van der Waals surface area contributed by atoms with Crippen molar-refractivity contribution >= 4 is 22.2 Å². The molecule has 1 atom stereocenters. The molecule has 0 aromatic heterocycles. The summed E-state index contributed by atoms with van der Waals surface area (Å²) in [5.41, 5.74) is 6.59. The molecule has 5 nitrogen and oxygen atoms in total. The van der Waals surface area contributed by atoms with Crippen molar-refractivity contribution in [1.82, 2.24) is 0 Å². The Balaban J connectivity index is 0.00000132. The van der Waals surface area contributed by atoms with Gasteiger partial charge in [0.2, 0.25) is 5.43 Å². The number of allylic oxidation sites excluding steroid dienone is 4. The summed E-state index contributed by atoms with van der Waals surface area (Å²) in [4.78, 5) is 22.7. The Labute approximate surface area is 177 Å². The van der Waals surface area contributed by atoms with Gasteiger partial charge in [0.15, 0.2) is 11.6 Å². The van der Waals surface area contributed by atoms with Gasteiger partial charge in [0, 0.05) is 28.6 Å². The van der Waals surface area contributed by atoms with Gasteiger partial charge in [-0.3, -0.25) is 4.79 Å². The molecular weight excluding hydrogens is 402 g/mol. The summed E-state index contributed by atoms with van der Waals surface area (Å²) in [7, 11) is 0. The fourth-order valence-electron chi connectivity index (χ4n) is 3.39. The van der Waals surface area contributed by atoms with E-state index in [1.165, 1.54) is 0 Å². The molecule has 1 aromatic rings. The number of benzene rings is 2. The van der Waals surface area contributed by atoms with Gasteiger partial charge in [-0.05, 0) is 42.3 Å². The van der Waals surface area contributed by atoms with Crippen LogP contribution in [0.5, 0.6) is 0 Å². The quantitative estimate of drug-likeness (QED) is 0.312. The highest BCUT2D eigenvalue weighted by atomic mass is 19.1. The summed E-state index contributed by atoms with van der Waals surface area (Å²) in [5.74, 6) is -1.67. The molecule has 0 bridgehead atoms. The van der Waals surface area contributed by atoms with E-state index >= 15 is 0 Å². The summed E-state index contributed by atoms with van der Waals surface area (Å²) in [6, 6.07) is 4.39. The number of halogens is 2. The van der Waals surface area contributed by atoms with Gasteiger partial charge in [-0.2, -0.15) is 0 Å². The number of nitrogens with zero attached hydrogens (tertiary/aromatic N) is 1. The maximum absolute atomic E-state index is 14.4. The van der Waals surface area contributed by atoms with Gasteiger partial charge < -0.3 is 10.2 Å². The number of nitrogens with two attached hydrogens (primary N) is 1. The van der Waals surface area contributed by atoms with Gasteiger partial charge in [-0.25, -0.2) is 8.78 Å². The second kappa shape index (κ2) is 8.20. The Morgan fingerprint density at radius 1 is 1.06 bits per heavy atom. The largest absolute Gasteiger partial charge is 0.456 e. The fourth-order valence-corrected chi connectivity index (χ4v) is 3.39. The smallest absolute Gasteiger partial charge is 0.217 e. The molecule has 1 aromatic carbocycles. The van der Waals surface area contributed by atoms with Crippen LogP contribution in [-0.2, 0) is 0 Å². The highest BCUT2D eigenvalue weighted by Crippen LogP contribution is 2.41. The first-order chi connectivity index (χ1) is 14.7. The zero-order chi connectivity index (χ0) is 22.9. The standard InChI is InChI=1S/C22H16F2N2O3.C2H4/c1-11-3-5-22(2,25)6-4-12(11)21-13-7-15(23)17(26-28)9-19(13)29-20-10-18(27)16(24)8-14(20)21;1-2/h3-10H,25H2,1-2H3;1-2H2. The van der Waals surface area contributed by atoms with E-state index in [0.717, 1.165) is 29.8 Å². The van der Waals surface area contributed by atoms with E-state index < -0.39 is 28.3 Å². The van der Waals surface area contributed by atoms with Crippen LogP contribution in [0.25, 0.3) is 27.9 Å². The molecule has 2 aliphatic carbocycles. The van der Waals surface area contributed by atoms with Crippen LogP contribution < -0.4 is 11.2 Å². The topological polar surface area (TPSA) is 85.7 Å². The third kappa shape index (κ3) is 4.00. The number of hydrogen-bond donors (Lipinski definition) is 1. The third-order valence-electron chi connectivity index (χ3n) is 4.94. The van der Waals surface area contributed by atoms with Crippen molar-refractivity contribution in [2.24, 2.45) is 10.9 Å². The second-order valence-electron chi connectivity index (χ2n) is 7.28. The predicted octanol–water partition coefficient (Wildman–Crippen LogP) is 5.99. The van der Waals surface area contributed by atoms with Gasteiger partial charge >= 0.3 is 0 Å². The predicted molar refractivity (Wildman–Crippen MR) is 119 cm³/mol. The minimum Gasteiger partial charge on any atom is -0.456 e. The van der Waals surface area contributed by atoms with E-state index in [2.05, 4.69) is 18.3 Å². The lowest BCUT2D eigenvalue weighted by Crippen LogP contribution is -2.30. The van der Waals surface area contributed by atoms with E-state index in [9.17, 15) is 18.5 Å². The summed E-state index contributed by atoms with van der Waals surface area (Å²) < 4.78 is 34.2. The number of hydrogen-bond acceptors (Lipinski definition) is 5. The van der Waals surface area contributed by atoms with Gasteiger partial charge in [0.1, 0.15) is 17.0 Å². The molecule has 31 heavy (non-hydrogen) atoms. The Morgan fingerprint density at radius 2 is 1.74 bits per heavy atom. The Bertz CT molecular complexity index is 1320. The number of fused-ring (bicyclic) bond motifs is 2. The summed E-state index contributed by atoms with van der Waals surface area (Å²) in [6.07, 6.45) is 7.19. The maximum atomic E-state index is 14.4. The normalized spacial score (nSPS) is 18.1. The third-order valence-corrected chi connectivity index (χ3v) is 4.94. The minimum atomic E-state index is -0.949. The lowest BCUT2D eigenvalue weighted by atomic mass is 9.90. The van der Waals surface area contributed by atoms with Crippen LogP contribution in [0.1, 0.15) is 19.4 Å². The zero-order valence-electron chi connectivity index (χ0n) is 17.0. The molecule has 0 saturated heterocycles. The molecule has 0 radical (unpaired) electrons. The average molecular weight is 422 g/mol. The van der Waals surface area contributed by atoms with Crippen LogP contribution in [0, 0.1) is 16.5 Å². The SMILES string of the molecule is C=C.CC1=C(c2c3cc(F)c(=O)cc-3oc3cc(N=O)c(F)cc23)C=CC(C)(N)C=C1. The monoisotopic (exact) mass is 422 g/mol. The van der Waals surface area contributed by atoms with Crippen LogP contribution in [0.4, 0.5) is 14.5 Å². The molecule has 1 unspecified atom stereocenters. The van der Waals surface area contributed by atoms with Crippen LogP contribution in [-0.4, -0.2) is 5.54 Å².